The van der Waals surface area contributed by atoms with Crippen molar-refractivity contribution >= 4 is 40.5 Å². The first kappa shape index (κ1) is 48.0. The highest BCUT2D eigenvalue weighted by Crippen LogP contribution is 2.38. The van der Waals surface area contributed by atoms with Crippen LogP contribution in [0.5, 0.6) is 0 Å². The molecule has 8 heterocycles. The van der Waals surface area contributed by atoms with E-state index in [0.717, 1.165) is 77.8 Å². The molecule has 1 N–H and O–H groups in total. The number of halogens is 3. The molecule has 0 radical (unpaired) electrons. The number of aromatic nitrogens is 5. The number of aryl methyl sites for hydroxylation is 1. The summed E-state index contributed by atoms with van der Waals surface area (Å²) in [5.41, 5.74) is 3.72. The van der Waals surface area contributed by atoms with Crippen molar-refractivity contribution in [2.45, 2.75) is 62.8 Å². The van der Waals surface area contributed by atoms with Gasteiger partial charge in [-0.2, -0.15) is 13.2 Å². The summed E-state index contributed by atoms with van der Waals surface area (Å²) in [7, 11) is 3.67. The first-order chi connectivity index (χ1) is 35.1. The summed E-state index contributed by atoms with van der Waals surface area (Å²) in [6.45, 7) is 6.27. The summed E-state index contributed by atoms with van der Waals surface area (Å²) < 4.78 is 54.0. The molecule has 4 fully saturated rings. The molecule has 3 aromatic carbocycles. The highest BCUT2D eigenvalue weighted by atomic mass is 19.4. The third-order valence-corrected chi connectivity index (χ3v) is 15.5. The second-order valence-electron chi connectivity index (χ2n) is 20.3. The number of hydrogen-bond donors (Lipinski definition) is 1. The Bertz CT molecular complexity index is 3180. The Morgan fingerprint density at radius 1 is 0.863 bits per heavy atom. The van der Waals surface area contributed by atoms with E-state index in [0.29, 0.717) is 74.6 Å². The van der Waals surface area contributed by atoms with E-state index in [9.17, 15) is 37.1 Å². The first-order valence-electron chi connectivity index (χ1n) is 24.8. The summed E-state index contributed by atoms with van der Waals surface area (Å²) in [5, 5.41) is 10.6. The monoisotopic (exact) mass is 999 g/mol. The summed E-state index contributed by atoms with van der Waals surface area (Å²) in [6.07, 6.45) is 2.33. The maximum absolute atomic E-state index is 14.7. The summed E-state index contributed by atoms with van der Waals surface area (Å²) in [6, 6.07) is 21.3. The molecular weight excluding hydrogens is 944 g/mol. The fourth-order valence-electron chi connectivity index (χ4n) is 11.3. The van der Waals surface area contributed by atoms with E-state index in [-0.39, 0.29) is 42.1 Å². The number of carbonyl (C=O) groups excluding carboxylic acids is 4. The molecule has 5 aliphatic rings. The van der Waals surface area contributed by atoms with E-state index in [1.807, 2.05) is 66.2 Å². The van der Waals surface area contributed by atoms with Gasteiger partial charge in [0.2, 0.25) is 11.8 Å². The highest BCUT2D eigenvalue weighted by Gasteiger charge is 2.43. The number of alkyl halides is 3. The van der Waals surface area contributed by atoms with E-state index in [2.05, 4.69) is 30.2 Å². The van der Waals surface area contributed by atoms with Crippen molar-refractivity contribution in [3.63, 3.8) is 0 Å². The molecule has 17 nitrogen and oxygen atoms in total. The molecule has 380 valence electrons. The number of fused-ring (bicyclic) bond motifs is 2. The van der Waals surface area contributed by atoms with Crippen molar-refractivity contribution in [2.75, 3.05) is 75.9 Å². The van der Waals surface area contributed by atoms with Gasteiger partial charge in [0, 0.05) is 113 Å². The number of imidazole rings is 1. The first-order valence-corrected chi connectivity index (χ1v) is 24.8. The average molecular weight is 1000 g/mol. The minimum absolute atomic E-state index is 0.0827. The molecule has 4 saturated heterocycles. The van der Waals surface area contributed by atoms with Gasteiger partial charge in [-0.1, -0.05) is 12.1 Å². The number of rotatable bonds is 12. The van der Waals surface area contributed by atoms with Gasteiger partial charge in [-0.3, -0.25) is 38.4 Å². The van der Waals surface area contributed by atoms with E-state index in [1.165, 1.54) is 17.0 Å². The molecule has 11 rings (SSSR count). The molecule has 0 saturated carbocycles. The van der Waals surface area contributed by atoms with Gasteiger partial charge in [-0.25, -0.2) is 4.79 Å². The standard InChI is InChI=1S/C53H56F3N11O6/c1-60(49(70)36-6-8-39(9-7-36)63-18-20-64(21-19-63)40-10-11-42-37(23-40)29-66(50(42)71)44-12-13-47(68)58-48(44)69)26-34-14-16-62(17-15-34)27-35-22-43(53(54,55)56)45-30-65(51(72)67(45)28-35)41-5-3-4-38(24-41)52(31-73-32-52)25-46-59-57-33-61(46)2/h3-11,22-24,28,30,33-34,44H,12-21,25-27,29,31-32H2,1-2H3,(H,58,68,69). The zero-order chi connectivity index (χ0) is 50.8. The number of nitrogens with one attached hydrogen (secondary N) is 1. The molecule has 4 amide bonds. The number of likely N-dealkylation sites (tertiary alicyclic amines) is 1. The number of anilines is 2. The zero-order valence-electron chi connectivity index (χ0n) is 40.7. The Morgan fingerprint density at radius 2 is 1.59 bits per heavy atom. The molecule has 0 aliphatic carbocycles. The number of ether oxygens (including phenoxy) is 1. The SMILES string of the molecule is CN(CC1CCN(Cc2cc(C(F)(F)F)c3cn(-c4cccc(C5(Cc6nncn6C)COC5)c4)c(=O)n3c2)CC1)C(=O)c1ccc(N2CCN(c3ccc4c(c3)CN(C3CCC(=O)NC3=O)C4=O)CC2)cc1. The van der Waals surface area contributed by atoms with Crippen LogP contribution in [0.25, 0.3) is 11.2 Å². The van der Waals surface area contributed by atoms with Crippen LogP contribution in [0, 0.1) is 5.92 Å². The number of benzene rings is 3. The summed E-state index contributed by atoms with van der Waals surface area (Å²) in [5.74, 6) is -0.0241. The number of piperidine rings is 2. The lowest BCUT2D eigenvalue weighted by Crippen LogP contribution is -2.52. The number of hydrogen-bond acceptors (Lipinski definition) is 11. The molecular formula is C53H56F3N11O6. The maximum atomic E-state index is 14.7. The number of pyridine rings is 1. The number of amides is 4. The number of nitrogens with zero attached hydrogens (tertiary/aromatic N) is 10. The molecule has 0 spiro atoms. The van der Waals surface area contributed by atoms with Crippen molar-refractivity contribution in [3.8, 4) is 5.69 Å². The number of piperazine rings is 1. The normalized spacial score (nSPS) is 19.6. The number of imide groups is 1. The smallest absolute Gasteiger partial charge is 0.379 e. The van der Waals surface area contributed by atoms with Crippen LogP contribution in [0.2, 0.25) is 0 Å². The summed E-state index contributed by atoms with van der Waals surface area (Å²) in [4.78, 5) is 75.0. The third-order valence-electron chi connectivity index (χ3n) is 15.5. The van der Waals surface area contributed by atoms with Gasteiger partial charge in [0.25, 0.3) is 11.8 Å². The Morgan fingerprint density at radius 3 is 2.26 bits per heavy atom. The van der Waals surface area contributed by atoms with Crippen molar-refractivity contribution in [3.05, 3.63) is 141 Å². The zero-order valence-corrected chi connectivity index (χ0v) is 40.7. The minimum atomic E-state index is -4.70. The van der Waals surface area contributed by atoms with E-state index < -0.39 is 34.8 Å². The quantitative estimate of drug-likeness (QED) is 0.168. The van der Waals surface area contributed by atoms with Crippen LogP contribution in [-0.2, 0) is 52.5 Å². The van der Waals surface area contributed by atoms with Gasteiger partial charge in [-0.15, -0.1) is 10.2 Å². The molecule has 73 heavy (non-hydrogen) atoms. The Kier molecular flexibility index (Phi) is 12.4. The van der Waals surface area contributed by atoms with Crippen molar-refractivity contribution in [1.29, 1.82) is 0 Å². The van der Waals surface area contributed by atoms with Gasteiger partial charge in [-0.05, 0) is 116 Å². The third kappa shape index (κ3) is 9.26. The topological polar surface area (TPSA) is 163 Å². The largest absolute Gasteiger partial charge is 0.418 e. The molecule has 0 bridgehead atoms. The fraction of sp³-hybridized carbons (Fsp3) is 0.415. The maximum Gasteiger partial charge on any atom is 0.418 e. The van der Waals surface area contributed by atoms with Crippen LogP contribution in [0.4, 0.5) is 24.5 Å². The van der Waals surface area contributed by atoms with Crippen LogP contribution < -0.4 is 20.8 Å². The van der Waals surface area contributed by atoms with Gasteiger partial charge >= 0.3 is 11.9 Å². The molecule has 3 aromatic heterocycles. The predicted molar refractivity (Wildman–Crippen MR) is 264 cm³/mol. The van der Waals surface area contributed by atoms with Gasteiger partial charge in [0.05, 0.1) is 30.0 Å². The van der Waals surface area contributed by atoms with Crippen molar-refractivity contribution in [1.82, 2.24) is 43.7 Å². The predicted octanol–water partition coefficient (Wildman–Crippen LogP) is 4.82. The van der Waals surface area contributed by atoms with Crippen LogP contribution >= 0.6 is 0 Å². The van der Waals surface area contributed by atoms with E-state index in [1.54, 1.807) is 35.3 Å². The lowest BCUT2D eigenvalue weighted by Gasteiger charge is -2.41. The van der Waals surface area contributed by atoms with Crippen LogP contribution in [0.1, 0.15) is 74.5 Å². The van der Waals surface area contributed by atoms with E-state index in [4.69, 9.17) is 4.74 Å². The second kappa shape index (κ2) is 18.9. The van der Waals surface area contributed by atoms with Crippen molar-refractivity contribution in [2.24, 2.45) is 13.0 Å². The molecule has 6 aromatic rings. The lowest BCUT2D eigenvalue weighted by molar-refractivity contribution is -0.137. The van der Waals surface area contributed by atoms with Crippen molar-refractivity contribution < 1.29 is 37.1 Å². The van der Waals surface area contributed by atoms with E-state index >= 15 is 0 Å². The Labute approximate surface area is 418 Å². The Hall–Kier alpha value is -7.32. The average Bonchev–Trinajstić information content (AvgIpc) is 4.05. The van der Waals surface area contributed by atoms with Gasteiger partial charge in [0.1, 0.15) is 18.2 Å². The molecule has 20 heteroatoms. The Balaban J connectivity index is 0.679. The minimum Gasteiger partial charge on any atom is -0.379 e. The second-order valence-corrected chi connectivity index (χ2v) is 20.3. The molecule has 1 unspecified atom stereocenters. The molecule has 1 atom stereocenters. The highest BCUT2D eigenvalue weighted by molar-refractivity contribution is 6.05. The van der Waals surface area contributed by atoms with Gasteiger partial charge in [0.15, 0.2) is 0 Å². The lowest BCUT2D eigenvalue weighted by atomic mass is 9.75. The summed E-state index contributed by atoms with van der Waals surface area (Å²) >= 11 is 0. The number of carbonyl (C=O) groups is 4. The van der Waals surface area contributed by atoms with Crippen LogP contribution in [-0.4, -0.2) is 134 Å². The van der Waals surface area contributed by atoms with Crippen LogP contribution in [0.15, 0.2) is 96.3 Å². The van der Waals surface area contributed by atoms with Crippen LogP contribution in [0.3, 0.4) is 0 Å². The molecule has 5 aliphatic heterocycles. The van der Waals surface area contributed by atoms with Gasteiger partial charge < -0.3 is 28.9 Å². The fourth-order valence-corrected chi connectivity index (χ4v) is 11.3.